The summed E-state index contributed by atoms with van der Waals surface area (Å²) in [5.41, 5.74) is 2.13. The Hall–Kier alpha value is -1.95. The fourth-order valence-corrected chi connectivity index (χ4v) is 2.18. The van der Waals surface area contributed by atoms with Crippen LogP contribution >= 0.6 is 0 Å². The van der Waals surface area contributed by atoms with Crippen molar-refractivity contribution in [3.05, 3.63) is 47.8 Å². The number of aryl methyl sites for hydroxylation is 1. The van der Waals surface area contributed by atoms with Crippen molar-refractivity contribution in [2.75, 3.05) is 0 Å². The van der Waals surface area contributed by atoms with E-state index in [1.165, 1.54) is 0 Å². The molecule has 2 rings (SSSR count). The first-order valence-corrected chi connectivity index (χ1v) is 6.85. The summed E-state index contributed by atoms with van der Waals surface area (Å²) < 4.78 is 30.4. The van der Waals surface area contributed by atoms with Gasteiger partial charge in [0.25, 0.3) is 0 Å². The third-order valence-electron chi connectivity index (χ3n) is 3.37. The van der Waals surface area contributed by atoms with Crippen molar-refractivity contribution in [2.24, 2.45) is 7.05 Å². The van der Waals surface area contributed by atoms with E-state index in [1.54, 1.807) is 18.3 Å². The van der Waals surface area contributed by atoms with E-state index < -0.39 is 6.61 Å². The van der Waals surface area contributed by atoms with Gasteiger partial charge < -0.3 is 10.1 Å². The highest BCUT2D eigenvalue weighted by molar-refractivity contribution is 5.29. The molecule has 21 heavy (non-hydrogen) atoms. The molecule has 0 saturated carbocycles. The topological polar surface area (TPSA) is 39.1 Å². The second kappa shape index (κ2) is 7.17. The molecule has 4 nitrogen and oxygen atoms in total. The molecule has 1 atom stereocenters. The van der Waals surface area contributed by atoms with Gasteiger partial charge in [-0.1, -0.05) is 19.1 Å². The number of nitrogens with zero attached hydrogens (tertiary/aromatic N) is 2. The molecule has 114 valence electrons. The van der Waals surface area contributed by atoms with Crippen LogP contribution in [0.4, 0.5) is 8.78 Å². The Bertz CT molecular complexity index is 554. The van der Waals surface area contributed by atoms with Crippen LogP contribution in [0.15, 0.2) is 36.5 Å². The number of hydrogen-bond donors (Lipinski definition) is 1. The molecule has 1 aromatic heterocycles. The van der Waals surface area contributed by atoms with Crippen molar-refractivity contribution < 1.29 is 13.5 Å². The Balaban J connectivity index is 1.98. The standard InChI is InChI=1S/C15H19F2N3O/c1-3-14(18-10-12-8-9-19-20(12)2)11-4-6-13(7-5-11)21-15(16)17/h4-9,14-15,18H,3,10H2,1-2H3/t14-/m1/s1. The fraction of sp³-hybridized carbons (Fsp3) is 0.400. The van der Waals surface area contributed by atoms with Gasteiger partial charge >= 0.3 is 6.61 Å². The maximum Gasteiger partial charge on any atom is 0.387 e. The van der Waals surface area contributed by atoms with E-state index >= 15 is 0 Å². The van der Waals surface area contributed by atoms with Gasteiger partial charge in [0.2, 0.25) is 0 Å². The Morgan fingerprint density at radius 2 is 1.95 bits per heavy atom. The third kappa shape index (κ3) is 4.26. The highest BCUT2D eigenvalue weighted by Crippen LogP contribution is 2.21. The van der Waals surface area contributed by atoms with Gasteiger partial charge in [0.05, 0.1) is 5.69 Å². The Morgan fingerprint density at radius 3 is 2.48 bits per heavy atom. The van der Waals surface area contributed by atoms with Crippen LogP contribution in [-0.2, 0) is 13.6 Å². The molecule has 0 unspecified atom stereocenters. The summed E-state index contributed by atoms with van der Waals surface area (Å²) in [6.45, 7) is -0.0183. The summed E-state index contributed by atoms with van der Waals surface area (Å²) in [5, 5.41) is 7.56. The molecule has 1 N–H and O–H groups in total. The van der Waals surface area contributed by atoms with Gasteiger partial charge in [-0.05, 0) is 30.2 Å². The van der Waals surface area contributed by atoms with Crippen LogP contribution in [-0.4, -0.2) is 16.4 Å². The molecule has 0 bridgehead atoms. The van der Waals surface area contributed by atoms with Crippen LogP contribution in [0.25, 0.3) is 0 Å². The Kier molecular flexibility index (Phi) is 5.27. The lowest BCUT2D eigenvalue weighted by molar-refractivity contribution is -0.0498. The van der Waals surface area contributed by atoms with Crippen LogP contribution in [0.2, 0.25) is 0 Å². The van der Waals surface area contributed by atoms with Crippen molar-refractivity contribution in [1.82, 2.24) is 15.1 Å². The number of alkyl halides is 2. The largest absolute Gasteiger partial charge is 0.435 e. The van der Waals surface area contributed by atoms with E-state index in [-0.39, 0.29) is 11.8 Å². The highest BCUT2D eigenvalue weighted by Gasteiger charge is 2.11. The minimum absolute atomic E-state index is 0.153. The molecule has 0 radical (unpaired) electrons. The molecule has 1 aromatic carbocycles. The first kappa shape index (κ1) is 15.4. The predicted octanol–water partition coefficient (Wildman–Crippen LogP) is 3.26. The second-order valence-corrected chi connectivity index (χ2v) is 4.74. The van der Waals surface area contributed by atoms with Gasteiger partial charge in [0.15, 0.2) is 0 Å². The Morgan fingerprint density at radius 1 is 1.24 bits per heavy atom. The molecular weight excluding hydrogens is 276 g/mol. The quantitative estimate of drug-likeness (QED) is 0.852. The molecule has 0 saturated heterocycles. The van der Waals surface area contributed by atoms with E-state index in [4.69, 9.17) is 0 Å². The number of halogens is 2. The molecule has 0 fully saturated rings. The number of rotatable bonds is 7. The van der Waals surface area contributed by atoms with Crippen molar-refractivity contribution >= 4 is 0 Å². The average molecular weight is 295 g/mol. The smallest absolute Gasteiger partial charge is 0.387 e. The first-order valence-electron chi connectivity index (χ1n) is 6.85. The molecule has 0 spiro atoms. The highest BCUT2D eigenvalue weighted by atomic mass is 19.3. The minimum atomic E-state index is -2.79. The van der Waals surface area contributed by atoms with Crippen molar-refractivity contribution in [3.8, 4) is 5.75 Å². The molecule has 0 aliphatic rings. The lowest BCUT2D eigenvalue weighted by Gasteiger charge is -2.18. The normalized spacial score (nSPS) is 12.6. The molecule has 2 aromatic rings. The first-order chi connectivity index (χ1) is 10.1. The number of ether oxygens (including phenoxy) is 1. The van der Waals surface area contributed by atoms with Crippen LogP contribution < -0.4 is 10.1 Å². The molecule has 0 aliphatic carbocycles. The predicted molar refractivity (Wildman–Crippen MR) is 76.2 cm³/mol. The second-order valence-electron chi connectivity index (χ2n) is 4.74. The van der Waals surface area contributed by atoms with Crippen LogP contribution in [0.1, 0.15) is 30.6 Å². The zero-order chi connectivity index (χ0) is 15.2. The monoisotopic (exact) mass is 295 g/mol. The zero-order valence-electron chi connectivity index (χ0n) is 12.1. The third-order valence-corrected chi connectivity index (χ3v) is 3.37. The van der Waals surface area contributed by atoms with Crippen LogP contribution in [0.3, 0.4) is 0 Å². The number of hydrogen-bond acceptors (Lipinski definition) is 3. The van der Waals surface area contributed by atoms with Crippen molar-refractivity contribution in [2.45, 2.75) is 32.5 Å². The average Bonchev–Trinajstić information content (AvgIpc) is 2.86. The lowest BCUT2D eigenvalue weighted by atomic mass is 10.0. The molecule has 6 heteroatoms. The van der Waals surface area contributed by atoms with E-state index in [9.17, 15) is 8.78 Å². The maximum atomic E-state index is 12.1. The zero-order valence-corrected chi connectivity index (χ0v) is 12.1. The van der Waals surface area contributed by atoms with Crippen molar-refractivity contribution in [1.29, 1.82) is 0 Å². The maximum absolute atomic E-state index is 12.1. The Labute approximate surface area is 122 Å². The van der Waals surface area contributed by atoms with Crippen molar-refractivity contribution in [3.63, 3.8) is 0 Å². The van der Waals surface area contributed by atoms with Gasteiger partial charge in [-0.2, -0.15) is 13.9 Å². The van der Waals surface area contributed by atoms with E-state index in [1.807, 2.05) is 29.9 Å². The van der Waals surface area contributed by atoms with Gasteiger partial charge in [0, 0.05) is 25.8 Å². The van der Waals surface area contributed by atoms with E-state index in [2.05, 4.69) is 22.1 Å². The summed E-state index contributed by atoms with van der Waals surface area (Å²) in [7, 11) is 1.90. The molecular formula is C15H19F2N3O. The number of aromatic nitrogens is 2. The van der Waals surface area contributed by atoms with E-state index in [0.29, 0.717) is 6.54 Å². The van der Waals surface area contributed by atoms with E-state index in [0.717, 1.165) is 17.7 Å². The van der Waals surface area contributed by atoms with Crippen LogP contribution in [0, 0.1) is 0 Å². The molecule has 1 heterocycles. The summed E-state index contributed by atoms with van der Waals surface area (Å²) in [5.74, 6) is 0.176. The SMILES string of the molecule is CC[C@@H](NCc1ccnn1C)c1ccc(OC(F)F)cc1. The molecule has 0 aliphatic heterocycles. The van der Waals surface area contributed by atoms with Gasteiger partial charge in [-0.15, -0.1) is 0 Å². The number of benzene rings is 1. The van der Waals surface area contributed by atoms with Gasteiger partial charge in [0.1, 0.15) is 5.75 Å². The van der Waals surface area contributed by atoms with Gasteiger partial charge in [-0.3, -0.25) is 4.68 Å². The van der Waals surface area contributed by atoms with Gasteiger partial charge in [-0.25, -0.2) is 0 Å². The lowest BCUT2D eigenvalue weighted by Crippen LogP contribution is -2.21. The fourth-order valence-electron chi connectivity index (χ4n) is 2.18. The molecule has 0 amide bonds. The number of nitrogens with one attached hydrogen (secondary N) is 1. The summed E-state index contributed by atoms with van der Waals surface area (Å²) in [6, 6.07) is 8.86. The summed E-state index contributed by atoms with van der Waals surface area (Å²) >= 11 is 0. The minimum Gasteiger partial charge on any atom is -0.435 e. The summed E-state index contributed by atoms with van der Waals surface area (Å²) in [4.78, 5) is 0. The van der Waals surface area contributed by atoms with Crippen LogP contribution in [0.5, 0.6) is 5.75 Å². The summed E-state index contributed by atoms with van der Waals surface area (Å²) in [6.07, 6.45) is 2.65.